The van der Waals surface area contributed by atoms with Crippen LogP contribution in [0.4, 0.5) is 5.69 Å². The number of thiazole rings is 1. The van der Waals surface area contributed by atoms with Gasteiger partial charge in [0.05, 0.1) is 20.4 Å². The molecule has 1 heterocycles. The van der Waals surface area contributed by atoms with Crippen LogP contribution >= 0.6 is 23.1 Å². The number of carbonyl (C=O) groups is 2. The van der Waals surface area contributed by atoms with E-state index >= 15 is 0 Å². The Labute approximate surface area is 152 Å². The molecule has 0 saturated heterocycles. The van der Waals surface area contributed by atoms with Gasteiger partial charge in [-0.05, 0) is 19.9 Å². The average molecular weight is 382 g/mol. The number of nitrogens with one attached hydrogen (secondary N) is 2. The quantitative estimate of drug-likeness (QED) is 0.411. The lowest BCUT2D eigenvalue weighted by molar-refractivity contribution is -0.384. The van der Waals surface area contributed by atoms with E-state index in [4.69, 9.17) is 0 Å². The number of nitro benzene ring substituents is 1. The molecule has 0 aliphatic carbocycles. The molecule has 0 aliphatic rings. The fourth-order valence-corrected chi connectivity index (χ4v) is 4.45. The van der Waals surface area contributed by atoms with E-state index in [2.05, 4.69) is 15.6 Å². The Kier molecular flexibility index (Phi) is 6.71. The highest BCUT2D eigenvalue weighted by molar-refractivity contribution is 8.02. The van der Waals surface area contributed by atoms with Gasteiger partial charge in [0, 0.05) is 31.6 Å². The summed E-state index contributed by atoms with van der Waals surface area (Å²) < 4.78 is 1.26. The summed E-state index contributed by atoms with van der Waals surface area (Å²) in [4.78, 5) is 38.9. The number of rotatable bonds is 8. The first-order valence-electron chi connectivity index (χ1n) is 7.70. The van der Waals surface area contributed by atoms with Crippen molar-refractivity contribution >= 4 is 50.8 Å². The second kappa shape index (κ2) is 8.77. The summed E-state index contributed by atoms with van der Waals surface area (Å²) in [5, 5.41) is 15.7. The molecule has 0 aliphatic heterocycles. The zero-order chi connectivity index (χ0) is 18.4. The van der Waals surface area contributed by atoms with Crippen LogP contribution in [0.25, 0.3) is 10.2 Å². The van der Waals surface area contributed by atoms with Crippen LogP contribution in [-0.2, 0) is 9.59 Å². The van der Waals surface area contributed by atoms with Crippen molar-refractivity contribution in [2.75, 3.05) is 13.1 Å². The van der Waals surface area contributed by atoms with Gasteiger partial charge in [-0.2, -0.15) is 0 Å². The number of nitrogens with zero attached hydrogens (tertiary/aromatic N) is 2. The highest BCUT2D eigenvalue weighted by Gasteiger charge is 2.24. The Hall–Kier alpha value is -2.20. The maximum atomic E-state index is 12.2. The number of nitro groups is 1. The van der Waals surface area contributed by atoms with Crippen LogP contribution < -0.4 is 10.6 Å². The van der Waals surface area contributed by atoms with E-state index < -0.39 is 10.2 Å². The number of aromatic nitrogens is 1. The van der Waals surface area contributed by atoms with Gasteiger partial charge < -0.3 is 10.6 Å². The number of thioether (sulfide) groups is 1. The van der Waals surface area contributed by atoms with Crippen LogP contribution in [-0.4, -0.2) is 40.1 Å². The SMILES string of the molecule is CCNC(=O)CC(Sc1nc2ccc([N+](=O)[O-])cc2s1)C(=O)NCC. The third kappa shape index (κ3) is 5.13. The molecule has 0 fully saturated rings. The summed E-state index contributed by atoms with van der Waals surface area (Å²) in [7, 11) is 0. The van der Waals surface area contributed by atoms with Crippen LogP contribution in [0.3, 0.4) is 0 Å². The van der Waals surface area contributed by atoms with Crippen LogP contribution in [0.15, 0.2) is 22.5 Å². The van der Waals surface area contributed by atoms with Gasteiger partial charge >= 0.3 is 0 Å². The van der Waals surface area contributed by atoms with Gasteiger partial charge in [0.25, 0.3) is 5.69 Å². The highest BCUT2D eigenvalue weighted by atomic mass is 32.2. The molecule has 25 heavy (non-hydrogen) atoms. The largest absolute Gasteiger partial charge is 0.356 e. The van der Waals surface area contributed by atoms with Crippen molar-refractivity contribution in [2.24, 2.45) is 0 Å². The summed E-state index contributed by atoms with van der Waals surface area (Å²) in [6.07, 6.45) is 0.0421. The minimum absolute atomic E-state index is 0.00435. The molecule has 1 aromatic carbocycles. The van der Waals surface area contributed by atoms with E-state index in [1.165, 1.54) is 35.2 Å². The Morgan fingerprint density at radius 1 is 1.32 bits per heavy atom. The maximum Gasteiger partial charge on any atom is 0.270 e. The molecular formula is C15H18N4O4S2. The number of benzene rings is 1. The van der Waals surface area contributed by atoms with Gasteiger partial charge in [0.15, 0.2) is 4.34 Å². The zero-order valence-electron chi connectivity index (χ0n) is 13.8. The predicted octanol–water partition coefficient (Wildman–Crippen LogP) is 2.33. The third-order valence-corrected chi connectivity index (χ3v) is 5.50. The Balaban J connectivity index is 2.21. The van der Waals surface area contributed by atoms with Gasteiger partial charge in [-0.15, -0.1) is 11.3 Å². The van der Waals surface area contributed by atoms with Gasteiger partial charge in [-0.3, -0.25) is 19.7 Å². The van der Waals surface area contributed by atoms with Crippen LogP contribution in [0.5, 0.6) is 0 Å². The predicted molar refractivity (Wildman–Crippen MR) is 97.9 cm³/mol. The lowest BCUT2D eigenvalue weighted by Crippen LogP contribution is -2.36. The monoisotopic (exact) mass is 382 g/mol. The second-order valence-electron chi connectivity index (χ2n) is 5.05. The molecule has 1 atom stereocenters. The van der Waals surface area contributed by atoms with Gasteiger partial charge in [0.2, 0.25) is 11.8 Å². The van der Waals surface area contributed by atoms with Crippen molar-refractivity contribution in [1.29, 1.82) is 0 Å². The Morgan fingerprint density at radius 2 is 2.04 bits per heavy atom. The molecule has 8 nitrogen and oxygen atoms in total. The maximum absolute atomic E-state index is 12.2. The van der Waals surface area contributed by atoms with E-state index in [9.17, 15) is 19.7 Å². The van der Waals surface area contributed by atoms with Gasteiger partial charge in [-0.1, -0.05) is 11.8 Å². The van der Waals surface area contributed by atoms with E-state index in [1.807, 2.05) is 13.8 Å². The molecule has 1 aromatic heterocycles. The minimum Gasteiger partial charge on any atom is -0.356 e. The second-order valence-corrected chi connectivity index (χ2v) is 7.53. The summed E-state index contributed by atoms with van der Waals surface area (Å²) in [6, 6.07) is 4.44. The third-order valence-electron chi connectivity index (χ3n) is 3.19. The Morgan fingerprint density at radius 3 is 2.68 bits per heavy atom. The highest BCUT2D eigenvalue weighted by Crippen LogP contribution is 2.34. The molecule has 2 amide bonds. The van der Waals surface area contributed by atoms with Crippen molar-refractivity contribution in [3.05, 3.63) is 28.3 Å². The molecule has 0 radical (unpaired) electrons. The molecular weight excluding hydrogens is 364 g/mol. The average Bonchev–Trinajstić information content (AvgIpc) is 2.96. The number of fused-ring (bicyclic) bond motifs is 1. The molecule has 0 bridgehead atoms. The first kappa shape index (κ1) is 19.1. The van der Waals surface area contributed by atoms with Crippen molar-refractivity contribution in [3.8, 4) is 0 Å². The molecule has 134 valence electrons. The number of hydrogen-bond donors (Lipinski definition) is 2. The first-order chi connectivity index (χ1) is 11.9. The number of carbonyl (C=O) groups excluding carboxylic acids is 2. The molecule has 2 aromatic rings. The topological polar surface area (TPSA) is 114 Å². The summed E-state index contributed by atoms with van der Waals surface area (Å²) in [5.41, 5.74) is 0.626. The zero-order valence-corrected chi connectivity index (χ0v) is 15.4. The van der Waals surface area contributed by atoms with Crippen LogP contribution in [0.1, 0.15) is 20.3 Å². The molecule has 1 unspecified atom stereocenters. The summed E-state index contributed by atoms with van der Waals surface area (Å²) in [5.74, 6) is -0.438. The van der Waals surface area contributed by atoms with E-state index in [0.717, 1.165) is 0 Å². The smallest absolute Gasteiger partial charge is 0.270 e. The Bertz CT molecular complexity index is 793. The van der Waals surface area contributed by atoms with Crippen molar-refractivity contribution in [2.45, 2.75) is 29.9 Å². The standard InChI is InChI=1S/C15H18N4O4S2/c1-3-16-13(20)8-12(14(21)17-4-2)25-15-18-10-6-5-9(19(22)23)7-11(10)24-15/h5-7,12H,3-4,8H2,1-2H3,(H,16,20)(H,17,21). The molecule has 0 spiro atoms. The summed E-state index contributed by atoms with van der Waals surface area (Å²) >= 11 is 2.46. The molecule has 2 N–H and O–H groups in total. The van der Waals surface area contributed by atoms with Gasteiger partial charge in [0.1, 0.15) is 0 Å². The van der Waals surface area contributed by atoms with Crippen molar-refractivity contribution < 1.29 is 14.5 Å². The minimum atomic E-state index is -0.609. The van der Waals surface area contributed by atoms with Crippen molar-refractivity contribution in [3.63, 3.8) is 0 Å². The number of amides is 2. The molecule has 2 rings (SSSR count). The van der Waals surface area contributed by atoms with E-state index in [-0.39, 0.29) is 23.9 Å². The molecule has 10 heteroatoms. The normalized spacial score (nSPS) is 11.9. The fraction of sp³-hybridized carbons (Fsp3) is 0.400. The van der Waals surface area contributed by atoms with Crippen LogP contribution in [0, 0.1) is 10.1 Å². The van der Waals surface area contributed by atoms with E-state index in [1.54, 1.807) is 6.07 Å². The lowest BCUT2D eigenvalue weighted by Gasteiger charge is -2.14. The molecule has 0 saturated carbocycles. The first-order valence-corrected chi connectivity index (χ1v) is 9.40. The summed E-state index contributed by atoms with van der Waals surface area (Å²) in [6.45, 7) is 4.59. The lowest BCUT2D eigenvalue weighted by atomic mass is 10.2. The van der Waals surface area contributed by atoms with Crippen molar-refractivity contribution in [1.82, 2.24) is 15.6 Å². The number of non-ortho nitro benzene ring substituents is 1. The van der Waals surface area contributed by atoms with Gasteiger partial charge in [-0.25, -0.2) is 4.98 Å². The fourth-order valence-electron chi connectivity index (χ4n) is 2.09. The number of hydrogen-bond acceptors (Lipinski definition) is 7. The van der Waals surface area contributed by atoms with Crippen LogP contribution in [0.2, 0.25) is 0 Å². The van der Waals surface area contributed by atoms with E-state index in [0.29, 0.717) is 27.6 Å².